The summed E-state index contributed by atoms with van der Waals surface area (Å²) in [7, 11) is 0. The van der Waals surface area contributed by atoms with E-state index in [1.807, 2.05) is 48.5 Å². The minimum atomic E-state index is -1.02. The van der Waals surface area contributed by atoms with Gasteiger partial charge < -0.3 is 20.0 Å². The van der Waals surface area contributed by atoms with Crippen LogP contribution in [0, 0.1) is 0 Å². The second-order valence-electron chi connectivity index (χ2n) is 6.88. The molecule has 1 atom stereocenters. The molecule has 3 N–H and O–H groups in total. The number of carbonyl (C=O) groups excluding carboxylic acids is 1. The van der Waals surface area contributed by atoms with E-state index in [1.165, 1.54) is 11.8 Å². The van der Waals surface area contributed by atoms with Gasteiger partial charge in [0.15, 0.2) is 5.56 Å². The molecule has 9 heteroatoms. The van der Waals surface area contributed by atoms with Gasteiger partial charge >= 0.3 is 11.9 Å². The lowest BCUT2D eigenvalue weighted by atomic mass is 10.0. The van der Waals surface area contributed by atoms with Crippen molar-refractivity contribution >= 4 is 23.7 Å². The number of esters is 1. The van der Waals surface area contributed by atoms with Crippen molar-refractivity contribution in [3.63, 3.8) is 0 Å². The van der Waals surface area contributed by atoms with Gasteiger partial charge in [0, 0.05) is 5.75 Å². The van der Waals surface area contributed by atoms with Crippen LogP contribution < -0.4 is 11.3 Å². The third kappa shape index (κ3) is 6.05. The van der Waals surface area contributed by atoms with Crippen molar-refractivity contribution in [2.24, 2.45) is 5.73 Å². The number of thioether (sulfide) groups is 1. The quantitative estimate of drug-likeness (QED) is 0.369. The van der Waals surface area contributed by atoms with E-state index in [1.54, 1.807) is 6.92 Å². The Balaban J connectivity index is 1.60. The number of aromatic nitrogens is 1. The molecule has 1 aromatic heterocycles. The van der Waals surface area contributed by atoms with Gasteiger partial charge in [0.2, 0.25) is 0 Å². The Morgan fingerprint density at radius 2 is 1.69 bits per heavy atom. The smallest absolute Gasteiger partial charge is 0.347 e. The summed E-state index contributed by atoms with van der Waals surface area (Å²) in [5.74, 6) is -1.24. The second kappa shape index (κ2) is 10.7. The predicted octanol–water partition coefficient (Wildman–Crippen LogP) is 3.13. The number of benzene rings is 2. The summed E-state index contributed by atoms with van der Waals surface area (Å²) in [5, 5.41) is 9.08. The van der Waals surface area contributed by atoms with Gasteiger partial charge in [-0.2, -0.15) is 4.98 Å². The molecule has 0 aliphatic carbocycles. The van der Waals surface area contributed by atoms with Crippen molar-refractivity contribution in [2.75, 3.05) is 6.61 Å². The van der Waals surface area contributed by atoms with Gasteiger partial charge in [-0.15, -0.1) is 0 Å². The zero-order chi connectivity index (χ0) is 23.1. The number of carboxylic acids is 1. The summed E-state index contributed by atoms with van der Waals surface area (Å²) in [6.45, 7) is 1.81. The van der Waals surface area contributed by atoms with Crippen LogP contribution in [-0.2, 0) is 21.7 Å². The lowest BCUT2D eigenvalue weighted by Crippen LogP contribution is -2.32. The third-order valence-corrected chi connectivity index (χ3v) is 5.48. The number of aliphatic carboxylic acids is 1. The van der Waals surface area contributed by atoms with E-state index in [-0.39, 0.29) is 23.8 Å². The van der Waals surface area contributed by atoms with Crippen LogP contribution in [0.4, 0.5) is 0 Å². The molecular formula is C23H22N2O6S. The fourth-order valence-electron chi connectivity index (χ4n) is 2.85. The van der Waals surface area contributed by atoms with Gasteiger partial charge in [0.25, 0.3) is 10.8 Å². The Hall–Kier alpha value is -3.43. The van der Waals surface area contributed by atoms with Crippen molar-refractivity contribution < 1.29 is 23.8 Å². The fraction of sp³-hybridized carbons (Fsp3) is 0.217. The number of carboxylic acid groups (broad SMARTS) is 1. The molecule has 1 heterocycles. The van der Waals surface area contributed by atoms with E-state index < -0.39 is 23.5 Å². The summed E-state index contributed by atoms with van der Waals surface area (Å²) in [6, 6.07) is 14.5. The fourth-order valence-corrected chi connectivity index (χ4v) is 3.60. The molecular weight excluding hydrogens is 432 g/mol. The normalized spacial score (nSPS) is 11.7. The Morgan fingerprint density at radius 3 is 2.22 bits per heavy atom. The van der Waals surface area contributed by atoms with Crippen LogP contribution in [0.3, 0.4) is 0 Å². The van der Waals surface area contributed by atoms with Crippen molar-refractivity contribution in [1.29, 1.82) is 0 Å². The van der Waals surface area contributed by atoms with E-state index in [9.17, 15) is 14.4 Å². The Bertz CT molecular complexity index is 1140. The predicted molar refractivity (Wildman–Crippen MR) is 119 cm³/mol. The van der Waals surface area contributed by atoms with Crippen molar-refractivity contribution in [3.8, 4) is 11.1 Å². The average molecular weight is 455 g/mol. The van der Waals surface area contributed by atoms with Crippen LogP contribution >= 0.6 is 11.8 Å². The summed E-state index contributed by atoms with van der Waals surface area (Å²) in [6.07, 6.45) is 1.35. The molecule has 0 aliphatic rings. The lowest BCUT2D eigenvalue weighted by Gasteiger charge is -2.08. The standard InChI is InChI=1S/C23H22N2O6S/c1-2-30-22(29)18-12-31-23(25-20(18)26)32-13-15-5-9-17(10-6-15)16-7-3-14(4-8-16)11-19(24)21(27)28/h3-10,12,19H,2,11,13,24H2,1H3,(H,27,28). The SMILES string of the molecule is CCOC(=O)c1coc(SCc2ccc(-c3ccc(CC(N)C(=O)O)cc3)cc2)nc1=O. The Kier molecular flexibility index (Phi) is 7.80. The van der Waals surface area contributed by atoms with E-state index in [4.69, 9.17) is 20.0 Å². The van der Waals surface area contributed by atoms with Crippen LogP contribution in [0.15, 0.2) is 69.2 Å². The highest BCUT2D eigenvalue weighted by atomic mass is 32.2. The number of ether oxygens (including phenoxy) is 1. The highest BCUT2D eigenvalue weighted by Gasteiger charge is 2.15. The molecule has 0 radical (unpaired) electrons. The van der Waals surface area contributed by atoms with Gasteiger partial charge in [0.1, 0.15) is 12.3 Å². The van der Waals surface area contributed by atoms with Crippen molar-refractivity contribution in [2.45, 2.75) is 30.4 Å². The van der Waals surface area contributed by atoms with E-state index in [2.05, 4.69) is 4.98 Å². The number of nitrogens with zero attached hydrogens (tertiary/aromatic N) is 1. The van der Waals surface area contributed by atoms with Gasteiger partial charge in [-0.05, 0) is 35.6 Å². The highest BCUT2D eigenvalue weighted by molar-refractivity contribution is 7.98. The van der Waals surface area contributed by atoms with Gasteiger partial charge in [0.05, 0.1) is 6.61 Å². The van der Waals surface area contributed by atoms with E-state index >= 15 is 0 Å². The number of carbonyl (C=O) groups is 2. The van der Waals surface area contributed by atoms with Crippen LogP contribution in [0.1, 0.15) is 28.4 Å². The summed E-state index contributed by atoms with van der Waals surface area (Å²) in [5.41, 5.74) is 8.54. The second-order valence-corrected chi connectivity index (χ2v) is 7.81. The lowest BCUT2D eigenvalue weighted by molar-refractivity contribution is -0.138. The molecule has 0 amide bonds. The molecule has 0 saturated carbocycles. The maximum absolute atomic E-state index is 12.0. The molecule has 1 unspecified atom stereocenters. The van der Waals surface area contributed by atoms with Crippen LogP contribution in [-0.4, -0.2) is 34.7 Å². The molecule has 0 aliphatic heterocycles. The topological polar surface area (TPSA) is 133 Å². The summed E-state index contributed by atoms with van der Waals surface area (Å²) < 4.78 is 10.1. The Labute approximate surface area is 188 Å². The largest absolute Gasteiger partial charge is 0.480 e. The number of hydrogen-bond donors (Lipinski definition) is 2. The van der Waals surface area contributed by atoms with Crippen LogP contribution in [0.2, 0.25) is 0 Å². The number of hydrogen-bond acceptors (Lipinski definition) is 8. The van der Waals surface area contributed by atoms with E-state index in [0.717, 1.165) is 28.5 Å². The number of nitrogens with two attached hydrogens (primary N) is 1. The first-order chi connectivity index (χ1) is 15.4. The van der Waals surface area contributed by atoms with Crippen LogP contribution in [0.5, 0.6) is 0 Å². The van der Waals surface area contributed by atoms with E-state index in [0.29, 0.717) is 5.75 Å². The molecule has 32 heavy (non-hydrogen) atoms. The zero-order valence-electron chi connectivity index (χ0n) is 17.3. The van der Waals surface area contributed by atoms with Gasteiger partial charge in [-0.3, -0.25) is 9.59 Å². The third-order valence-electron chi connectivity index (χ3n) is 4.57. The average Bonchev–Trinajstić information content (AvgIpc) is 2.78. The Morgan fingerprint density at radius 1 is 1.09 bits per heavy atom. The summed E-state index contributed by atoms with van der Waals surface area (Å²) >= 11 is 1.24. The van der Waals surface area contributed by atoms with Gasteiger partial charge in [-0.25, -0.2) is 4.79 Å². The molecule has 166 valence electrons. The van der Waals surface area contributed by atoms with Crippen molar-refractivity contribution in [1.82, 2.24) is 4.98 Å². The monoisotopic (exact) mass is 454 g/mol. The van der Waals surface area contributed by atoms with Gasteiger partial charge in [-0.1, -0.05) is 60.3 Å². The maximum Gasteiger partial charge on any atom is 0.347 e. The molecule has 8 nitrogen and oxygen atoms in total. The van der Waals surface area contributed by atoms with Crippen LogP contribution in [0.25, 0.3) is 11.1 Å². The minimum Gasteiger partial charge on any atom is -0.480 e. The molecule has 3 aromatic rings. The summed E-state index contributed by atoms with van der Waals surface area (Å²) in [4.78, 5) is 38.3. The molecule has 0 saturated heterocycles. The number of rotatable bonds is 9. The first-order valence-electron chi connectivity index (χ1n) is 9.83. The molecule has 0 spiro atoms. The molecule has 2 aromatic carbocycles. The molecule has 0 bridgehead atoms. The zero-order valence-corrected chi connectivity index (χ0v) is 18.1. The molecule has 3 rings (SSSR count). The van der Waals surface area contributed by atoms with Crippen molar-refractivity contribution in [3.05, 3.63) is 81.8 Å². The highest BCUT2D eigenvalue weighted by Crippen LogP contribution is 2.24. The minimum absolute atomic E-state index is 0.161. The molecule has 0 fully saturated rings. The first-order valence-corrected chi connectivity index (χ1v) is 10.8. The maximum atomic E-state index is 12.0. The first kappa shape index (κ1) is 23.2.